The van der Waals surface area contributed by atoms with Crippen LogP contribution in [0.15, 0.2) is 58.9 Å². The fraction of sp³-hybridized carbons (Fsp3) is 0.200. The van der Waals surface area contributed by atoms with Crippen LogP contribution < -0.4 is 0 Å². The quantitative estimate of drug-likeness (QED) is 0.307. The van der Waals surface area contributed by atoms with Gasteiger partial charge in [-0.2, -0.15) is 0 Å². The highest BCUT2D eigenvalue weighted by Crippen LogP contribution is 2.33. The van der Waals surface area contributed by atoms with Gasteiger partial charge in [0.1, 0.15) is 5.82 Å². The normalized spacial score (nSPS) is 12.1. The van der Waals surface area contributed by atoms with Crippen LogP contribution in [0.5, 0.6) is 5.88 Å². The number of nitrogens with one attached hydrogen (secondary N) is 1. The molecule has 4 aromatic rings. The van der Waals surface area contributed by atoms with E-state index in [1.54, 1.807) is 6.07 Å². The third-order valence-corrected chi connectivity index (χ3v) is 6.16. The number of aromatic hydroxyl groups is 1. The number of carbonyl (C=O) groups is 1. The Kier molecular flexibility index (Phi) is 6.57. The molecular formula is C25H24FN3O3S. The molecule has 2 aromatic heterocycles. The Morgan fingerprint density at radius 1 is 1.15 bits per heavy atom. The molecule has 0 aliphatic rings. The maximum absolute atomic E-state index is 13.7. The lowest BCUT2D eigenvalue weighted by molar-refractivity contribution is -0.136. The average molecular weight is 466 g/mol. The van der Waals surface area contributed by atoms with E-state index in [0.717, 1.165) is 22.5 Å². The molecule has 0 aliphatic heterocycles. The number of thiophene rings is 1. The summed E-state index contributed by atoms with van der Waals surface area (Å²) in [5, 5.41) is 22.3. The molecule has 33 heavy (non-hydrogen) atoms. The van der Waals surface area contributed by atoms with E-state index in [4.69, 9.17) is 10.1 Å². The fourth-order valence-electron chi connectivity index (χ4n) is 3.70. The first-order chi connectivity index (χ1) is 15.8. The number of halogens is 1. The van der Waals surface area contributed by atoms with Crippen molar-refractivity contribution in [3.63, 3.8) is 0 Å². The van der Waals surface area contributed by atoms with Crippen LogP contribution in [0.4, 0.5) is 10.1 Å². The first-order valence-corrected chi connectivity index (χ1v) is 11.3. The van der Waals surface area contributed by atoms with Crippen LogP contribution >= 0.6 is 11.3 Å². The van der Waals surface area contributed by atoms with Crippen molar-refractivity contribution in [1.82, 2.24) is 9.88 Å². The first kappa shape index (κ1) is 22.7. The van der Waals surface area contributed by atoms with Crippen molar-refractivity contribution >= 4 is 39.6 Å². The minimum absolute atomic E-state index is 0.0391. The summed E-state index contributed by atoms with van der Waals surface area (Å²) in [7, 11) is 4.01. The molecule has 8 heteroatoms. The van der Waals surface area contributed by atoms with Gasteiger partial charge in [0.25, 0.3) is 0 Å². The van der Waals surface area contributed by atoms with E-state index in [-0.39, 0.29) is 12.3 Å². The topological polar surface area (TPSA) is 88.9 Å². The average Bonchev–Trinajstić information content (AvgIpc) is 3.35. The zero-order valence-corrected chi connectivity index (χ0v) is 19.1. The smallest absolute Gasteiger partial charge is 0.303 e. The highest BCUT2D eigenvalue weighted by molar-refractivity contribution is 7.10. The molecule has 2 heterocycles. The van der Waals surface area contributed by atoms with Crippen LogP contribution in [-0.4, -0.2) is 45.9 Å². The van der Waals surface area contributed by atoms with Gasteiger partial charge in [-0.3, -0.25) is 4.79 Å². The number of H-pyrrole nitrogens is 1. The molecule has 0 atom stereocenters. The fourth-order valence-corrected chi connectivity index (χ4v) is 4.57. The van der Waals surface area contributed by atoms with E-state index >= 15 is 0 Å². The predicted octanol–water partition coefficient (Wildman–Crippen LogP) is 5.32. The number of hydrogen-bond donors (Lipinski definition) is 3. The highest BCUT2D eigenvalue weighted by Gasteiger charge is 2.20. The summed E-state index contributed by atoms with van der Waals surface area (Å²) >= 11 is 1.45. The molecule has 2 aromatic carbocycles. The summed E-state index contributed by atoms with van der Waals surface area (Å²) in [4.78, 5) is 21.6. The molecule has 0 aliphatic carbocycles. The maximum atomic E-state index is 13.7. The van der Waals surface area contributed by atoms with Gasteiger partial charge >= 0.3 is 5.97 Å². The summed E-state index contributed by atoms with van der Waals surface area (Å²) in [5.74, 6) is -1.36. The van der Waals surface area contributed by atoms with E-state index in [1.165, 1.54) is 23.5 Å². The van der Waals surface area contributed by atoms with Crippen molar-refractivity contribution in [2.45, 2.75) is 19.4 Å². The monoisotopic (exact) mass is 465 g/mol. The lowest BCUT2D eigenvalue weighted by Crippen LogP contribution is -2.10. The van der Waals surface area contributed by atoms with Gasteiger partial charge in [0.15, 0.2) is 5.88 Å². The Labute approximate surface area is 194 Å². The van der Waals surface area contributed by atoms with Crippen LogP contribution in [0.1, 0.15) is 28.0 Å². The number of fused-ring (bicyclic) bond motifs is 1. The van der Waals surface area contributed by atoms with Crippen molar-refractivity contribution in [2.24, 2.45) is 4.99 Å². The first-order valence-electron chi connectivity index (χ1n) is 10.4. The minimum Gasteiger partial charge on any atom is -0.494 e. The van der Waals surface area contributed by atoms with Gasteiger partial charge < -0.3 is 20.1 Å². The van der Waals surface area contributed by atoms with Gasteiger partial charge in [-0.25, -0.2) is 9.38 Å². The molecule has 0 unspecified atom stereocenters. The Bertz CT molecular complexity index is 1320. The summed E-state index contributed by atoms with van der Waals surface area (Å²) in [5.41, 5.74) is 4.10. The van der Waals surface area contributed by atoms with Gasteiger partial charge in [0.2, 0.25) is 0 Å². The van der Waals surface area contributed by atoms with Gasteiger partial charge in [0, 0.05) is 27.8 Å². The number of aromatic nitrogens is 1. The lowest BCUT2D eigenvalue weighted by Gasteiger charge is -2.10. The molecule has 0 spiro atoms. The molecule has 170 valence electrons. The summed E-state index contributed by atoms with van der Waals surface area (Å²) in [6.45, 7) is 0.809. The Morgan fingerprint density at radius 2 is 1.91 bits per heavy atom. The van der Waals surface area contributed by atoms with Crippen molar-refractivity contribution in [3.05, 3.63) is 81.3 Å². The number of benzene rings is 2. The van der Waals surface area contributed by atoms with Crippen molar-refractivity contribution < 1.29 is 19.4 Å². The molecule has 0 amide bonds. The molecule has 0 saturated carbocycles. The SMILES string of the molecule is CN(C)Cc1ccc(N=C(c2csc(CCC(=O)O)c2)c2c(O)[nH]c3cc(F)ccc23)cc1. The number of aliphatic imine (C=N–C) groups is 1. The third kappa shape index (κ3) is 5.30. The Balaban J connectivity index is 1.81. The predicted molar refractivity (Wildman–Crippen MR) is 129 cm³/mol. The summed E-state index contributed by atoms with van der Waals surface area (Å²) < 4.78 is 13.7. The van der Waals surface area contributed by atoms with Gasteiger partial charge in [0.05, 0.1) is 28.9 Å². The van der Waals surface area contributed by atoms with Crippen molar-refractivity contribution in [1.29, 1.82) is 0 Å². The van der Waals surface area contributed by atoms with E-state index in [1.807, 2.05) is 49.8 Å². The van der Waals surface area contributed by atoms with Gasteiger partial charge in [-0.05, 0) is 62.5 Å². The minimum atomic E-state index is -0.854. The molecular weight excluding hydrogens is 441 g/mol. The number of aliphatic carboxylic acids is 1. The van der Waals surface area contributed by atoms with Crippen LogP contribution in [0.2, 0.25) is 0 Å². The third-order valence-electron chi connectivity index (χ3n) is 5.17. The Morgan fingerprint density at radius 3 is 2.61 bits per heavy atom. The molecule has 6 nitrogen and oxygen atoms in total. The number of carboxylic acid groups (broad SMARTS) is 1. The van der Waals surface area contributed by atoms with E-state index in [0.29, 0.717) is 34.3 Å². The molecule has 0 fully saturated rings. The summed E-state index contributed by atoms with van der Waals surface area (Å²) in [6, 6.07) is 14.0. The molecule has 3 N–H and O–H groups in total. The largest absolute Gasteiger partial charge is 0.494 e. The van der Waals surface area contributed by atoms with Gasteiger partial charge in [-0.1, -0.05) is 12.1 Å². The number of aromatic amines is 1. The lowest BCUT2D eigenvalue weighted by atomic mass is 10.0. The van der Waals surface area contributed by atoms with E-state index in [9.17, 15) is 14.3 Å². The molecule has 0 saturated heterocycles. The van der Waals surface area contributed by atoms with Crippen LogP contribution in [0.3, 0.4) is 0 Å². The Hall–Kier alpha value is -3.49. The second-order valence-electron chi connectivity index (χ2n) is 8.10. The van der Waals surface area contributed by atoms with E-state index in [2.05, 4.69) is 9.88 Å². The maximum Gasteiger partial charge on any atom is 0.303 e. The standard InChI is InChI=1S/C25H24FN3O3S/c1-29(2)13-15-3-6-18(7-4-15)27-24(16-11-19(33-14-16)8-10-22(30)31)23-20-9-5-17(26)12-21(20)28-25(23)32/h3-7,9,11-12,14,28,32H,8,10,13H2,1-2H3,(H,30,31). The molecule has 4 rings (SSSR count). The highest BCUT2D eigenvalue weighted by atomic mass is 32.1. The zero-order valence-electron chi connectivity index (χ0n) is 18.3. The zero-order chi connectivity index (χ0) is 23.5. The second kappa shape index (κ2) is 9.56. The van der Waals surface area contributed by atoms with Crippen LogP contribution in [-0.2, 0) is 17.8 Å². The van der Waals surface area contributed by atoms with Gasteiger partial charge in [-0.15, -0.1) is 11.3 Å². The van der Waals surface area contributed by atoms with Crippen molar-refractivity contribution in [3.8, 4) is 5.88 Å². The number of nitrogens with zero attached hydrogens (tertiary/aromatic N) is 2. The van der Waals surface area contributed by atoms with Crippen LogP contribution in [0, 0.1) is 5.82 Å². The summed E-state index contributed by atoms with van der Waals surface area (Å²) in [6.07, 6.45) is 0.453. The molecule has 0 bridgehead atoms. The number of rotatable bonds is 8. The number of carboxylic acids is 1. The number of aryl methyl sites for hydroxylation is 1. The van der Waals surface area contributed by atoms with Crippen molar-refractivity contribution in [2.75, 3.05) is 14.1 Å². The molecule has 0 radical (unpaired) electrons. The second-order valence-corrected chi connectivity index (χ2v) is 9.09. The van der Waals surface area contributed by atoms with Crippen LogP contribution in [0.25, 0.3) is 10.9 Å². The van der Waals surface area contributed by atoms with E-state index < -0.39 is 11.8 Å². The number of hydrogen-bond acceptors (Lipinski definition) is 5.